The summed E-state index contributed by atoms with van der Waals surface area (Å²) in [6, 6.07) is 5.41. The van der Waals surface area contributed by atoms with Crippen LogP contribution in [0.1, 0.15) is 82.2 Å². The van der Waals surface area contributed by atoms with E-state index in [1.54, 1.807) is 16.7 Å². The van der Waals surface area contributed by atoms with Crippen molar-refractivity contribution in [3.8, 4) is 0 Å². The monoisotopic (exact) mass is 275 g/mol. The Bertz CT molecular complexity index is 370. The number of hydrogen-bond acceptors (Lipinski definition) is 1. The van der Waals surface area contributed by atoms with Crippen LogP contribution >= 0.6 is 0 Å². The summed E-state index contributed by atoms with van der Waals surface area (Å²) in [5.74, 6) is 0. The molecule has 0 aliphatic rings. The van der Waals surface area contributed by atoms with Gasteiger partial charge in [0.25, 0.3) is 0 Å². The van der Waals surface area contributed by atoms with Crippen molar-refractivity contribution in [3.63, 3.8) is 0 Å². The lowest BCUT2D eigenvalue weighted by Crippen LogP contribution is -2.24. The molecule has 0 aliphatic carbocycles. The summed E-state index contributed by atoms with van der Waals surface area (Å²) in [7, 11) is 0. The number of nitrogens with one attached hydrogen (secondary N) is 1. The minimum absolute atomic E-state index is 0.538. The van der Waals surface area contributed by atoms with Crippen LogP contribution in [0.2, 0.25) is 0 Å². The van der Waals surface area contributed by atoms with Crippen molar-refractivity contribution in [2.75, 3.05) is 6.54 Å². The number of aryl methyl sites for hydroxylation is 3. The van der Waals surface area contributed by atoms with Crippen LogP contribution in [0.15, 0.2) is 12.1 Å². The van der Waals surface area contributed by atoms with Crippen LogP contribution in [-0.4, -0.2) is 6.54 Å². The lowest BCUT2D eigenvalue weighted by Gasteiger charge is -2.25. The van der Waals surface area contributed by atoms with Crippen LogP contribution in [0.25, 0.3) is 0 Å². The molecule has 0 heterocycles. The number of hydrogen-bond donors (Lipinski definition) is 1. The molecule has 1 rings (SSSR count). The fourth-order valence-corrected chi connectivity index (χ4v) is 3.04. The summed E-state index contributed by atoms with van der Waals surface area (Å²) < 4.78 is 0. The van der Waals surface area contributed by atoms with Gasteiger partial charge in [0.1, 0.15) is 0 Å². The molecule has 1 heteroatoms. The molecule has 0 saturated heterocycles. The Kier molecular flexibility index (Phi) is 7.91. The van der Waals surface area contributed by atoms with Gasteiger partial charge in [0.15, 0.2) is 0 Å². The zero-order valence-electron chi connectivity index (χ0n) is 14.2. The molecule has 0 radical (unpaired) electrons. The van der Waals surface area contributed by atoms with E-state index in [0.717, 1.165) is 25.8 Å². The second-order valence-electron chi connectivity index (χ2n) is 5.68. The van der Waals surface area contributed by atoms with Crippen molar-refractivity contribution in [1.82, 2.24) is 5.32 Å². The average Bonchev–Trinajstić information content (AvgIpc) is 2.50. The predicted octanol–water partition coefficient (Wildman–Crippen LogP) is 5.21. The van der Waals surface area contributed by atoms with Gasteiger partial charge >= 0.3 is 0 Å². The molecule has 0 aliphatic heterocycles. The molecule has 114 valence electrons. The van der Waals surface area contributed by atoms with Gasteiger partial charge in [-0.1, -0.05) is 53.2 Å². The molecule has 1 atom stereocenters. The van der Waals surface area contributed by atoms with Crippen molar-refractivity contribution in [2.24, 2.45) is 0 Å². The molecule has 0 spiro atoms. The third-order valence-electron chi connectivity index (χ3n) is 4.15. The minimum Gasteiger partial charge on any atom is -0.310 e. The first-order chi connectivity index (χ1) is 9.71. The van der Waals surface area contributed by atoms with E-state index in [9.17, 15) is 0 Å². The van der Waals surface area contributed by atoms with Crippen molar-refractivity contribution in [1.29, 1.82) is 0 Å². The summed E-state index contributed by atoms with van der Waals surface area (Å²) in [6.45, 7) is 12.5. The van der Waals surface area contributed by atoms with Crippen LogP contribution in [0, 0.1) is 0 Å². The summed E-state index contributed by atoms with van der Waals surface area (Å²) in [5, 5.41) is 3.77. The molecule has 0 bridgehead atoms. The van der Waals surface area contributed by atoms with Gasteiger partial charge in [-0.2, -0.15) is 0 Å². The van der Waals surface area contributed by atoms with Gasteiger partial charge in [0.05, 0.1) is 0 Å². The molecule has 1 unspecified atom stereocenters. The SMILES string of the molecule is CCCNC(CCC)c1c(CC)cc(CC)cc1CC. The van der Waals surface area contributed by atoms with Crippen molar-refractivity contribution >= 4 is 0 Å². The molecule has 0 fully saturated rings. The first kappa shape index (κ1) is 17.2. The lowest BCUT2D eigenvalue weighted by molar-refractivity contribution is 0.488. The fourth-order valence-electron chi connectivity index (χ4n) is 3.04. The summed E-state index contributed by atoms with van der Waals surface area (Å²) in [4.78, 5) is 0. The molecule has 0 aromatic heterocycles. The molecule has 1 aromatic rings. The Morgan fingerprint density at radius 2 is 1.45 bits per heavy atom. The number of rotatable bonds is 9. The smallest absolute Gasteiger partial charge is 0.0325 e. The van der Waals surface area contributed by atoms with Gasteiger partial charge in [-0.3, -0.25) is 0 Å². The average molecular weight is 275 g/mol. The van der Waals surface area contributed by atoms with E-state index in [0.29, 0.717) is 6.04 Å². The Balaban J connectivity index is 3.21. The highest BCUT2D eigenvalue weighted by atomic mass is 14.9. The highest BCUT2D eigenvalue weighted by Crippen LogP contribution is 2.29. The molecule has 0 saturated carbocycles. The molecule has 1 nitrogen and oxygen atoms in total. The molecule has 1 aromatic carbocycles. The second kappa shape index (κ2) is 9.18. The van der Waals surface area contributed by atoms with Crippen molar-refractivity contribution in [3.05, 3.63) is 34.4 Å². The summed E-state index contributed by atoms with van der Waals surface area (Å²) in [6.07, 6.45) is 7.11. The maximum atomic E-state index is 3.77. The van der Waals surface area contributed by atoms with Crippen LogP contribution in [0.3, 0.4) is 0 Å². The zero-order valence-corrected chi connectivity index (χ0v) is 14.2. The van der Waals surface area contributed by atoms with Gasteiger partial charge in [0.2, 0.25) is 0 Å². The Labute approximate surface area is 126 Å². The highest BCUT2D eigenvalue weighted by Gasteiger charge is 2.17. The Hall–Kier alpha value is -0.820. The molecular weight excluding hydrogens is 242 g/mol. The lowest BCUT2D eigenvalue weighted by atomic mass is 9.87. The van der Waals surface area contributed by atoms with Gasteiger partial charge in [-0.05, 0) is 60.9 Å². The second-order valence-corrected chi connectivity index (χ2v) is 5.68. The number of benzene rings is 1. The van der Waals surface area contributed by atoms with E-state index in [-0.39, 0.29) is 0 Å². The Morgan fingerprint density at radius 1 is 0.850 bits per heavy atom. The standard InChI is InChI=1S/C19H33N/c1-6-11-18(20-12-7-2)19-16(9-4)13-15(8-3)14-17(19)10-5/h13-14,18,20H,6-12H2,1-5H3. The quantitative estimate of drug-likeness (QED) is 0.652. The van der Waals surface area contributed by atoms with Crippen LogP contribution < -0.4 is 5.32 Å². The van der Waals surface area contributed by atoms with Gasteiger partial charge < -0.3 is 5.32 Å². The molecule has 1 N–H and O–H groups in total. The summed E-state index contributed by atoms with van der Waals surface area (Å²) >= 11 is 0. The predicted molar refractivity (Wildman–Crippen MR) is 90.5 cm³/mol. The Morgan fingerprint density at radius 3 is 1.85 bits per heavy atom. The minimum atomic E-state index is 0.538. The molecule has 20 heavy (non-hydrogen) atoms. The van der Waals surface area contributed by atoms with E-state index in [1.165, 1.54) is 24.8 Å². The topological polar surface area (TPSA) is 12.0 Å². The van der Waals surface area contributed by atoms with Gasteiger partial charge in [-0.25, -0.2) is 0 Å². The van der Waals surface area contributed by atoms with E-state index < -0.39 is 0 Å². The first-order valence-electron chi connectivity index (χ1n) is 8.59. The third kappa shape index (κ3) is 4.34. The maximum absolute atomic E-state index is 3.77. The van der Waals surface area contributed by atoms with Crippen molar-refractivity contribution < 1.29 is 0 Å². The van der Waals surface area contributed by atoms with Crippen LogP contribution in [0.4, 0.5) is 0 Å². The third-order valence-corrected chi connectivity index (χ3v) is 4.15. The van der Waals surface area contributed by atoms with Crippen LogP contribution in [-0.2, 0) is 19.3 Å². The fraction of sp³-hybridized carbons (Fsp3) is 0.684. The molecular formula is C19H33N. The van der Waals surface area contributed by atoms with E-state index in [2.05, 4.69) is 52.1 Å². The summed E-state index contributed by atoms with van der Waals surface area (Å²) in [5.41, 5.74) is 6.21. The molecule has 0 amide bonds. The van der Waals surface area contributed by atoms with E-state index in [1.807, 2.05) is 0 Å². The first-order valence-corrected chi connectivity index (χ1v) is 8.59. The van der Waals surface area contributed by atoms with Crippen molar-refractivity contribution in [2.45, 2.75) is 79.2 Å². The van der Waals surface area contributed by atoms with E-state index >= 15 is 0 Å². The normalized spacial score (nSPS) is 12.7. The zero-order chi connectivity index (χ0) is 15.0. The van der Waals surface area contributed by atoms with Gasteiger partial charge in [-0.15, -0.1) is 0 Å². The highest BCUT2D eigenvalue weighted by molar-refractivity contribution is 5.42. The maximum Gasteiger partial charge on any atom is 0.0325 e. The van der Waals surface area contributed by atoms with E-state index in [4.69, 9.17) is 0 Å². The van der Waals surface area contributed by atoms with Crippen LogP contribution in [0.5, 0.6) is 0 Å². The largest absolute Gasteiger partial charge is 0.310 e. The van der Waals surface area contributed by atoms with Gasteiger partial charge in [0, 0.05) is 6.04 Å².